The molecule has 1 N–H and O–H groups in total. The molecule has 1 aromatic heterocycles. The van der Waals surface area contributed by atoms with E-state index in [2.05, 4.69) is 5.32 Å². The molecule has 1 aromatic carbocycles. The first kappa shape index (κ1) is 20.7. The molecule has 1 aliphatic carbocycles. The van der Waals surface area contributed by atoms with Gasteiger partial charge < -0.3 is 15.0 Å². The van der Waals surface area contributed by atoms with Crippen molar-refractivity contribution in [1.29, 1.82) is 0 Å². The standard InChI is InChI=1S/C24H28N2O3S/c1-29-19-5-2-4-18(16-19)9-12-25-23(28)21-17-24(21)10-13-26(14-11-24)22(27)8-7-20-6-3-15-30-20/h2-8,15-16,21H,9-14,17H2,1H3,(H,25,28)/b8-7+. The molecule has 6 heteroatoms. The van der Waals surface area contributed by atoms with Gasteiger partial charge in [-0.15, -0.1) is 11.3 Å². The molecule has 1 aliphatic heterocycles. The van der Waals surface area contributed by atoms with Crippen molar-refractivity contribution in [2.24, 2.45) is 11.3 Å². The summed E-state index contributed by atoms with van der Waals surface area (Å²) < 4.78 is 5.25. The van der Waals surface area contributed by atoms with Crippen LogP contribution < -0.4 is 10.1 Å². The molecule has 30 heavy (non-hydrogen) atoms. The van der Waals surface area contributed by atoms with Gasteiger partial charge in [0.1, 0.15) is 5.75 Å². The lowest BCUT2D eigenvalue weighted by Gasteiger charge is -2.32. The van der Waals surface area contributed by atoms with Gasteiger partial charge in [-0.05, 0) is 66.3 Å². The number of benzene rings is 1. The van der Waals surface area contributed by atoms with Gasteiger partial charge in [0, 0.05) is 36.5 Å². The van der Waals surface area contributed by atoms with Crippen LogP contribution in [0.1, 0.15) is 29.7 Å². The number of rotatable bonds is 7. The Morgan fingerprint density at radius 1 is 1.27 bits per heavy atom. The van der Waals surface area contributed by atoms with Crippen molar-refractivity contribution >= 4 is 29.2 Å². The second-order valence-corrected chi connectivity index (χ2v) is 9.16. The average molecular weight is 425 g/mol. The molecular weight excluding hydrogens is 396 g/mol. The van der Waals surface area contributed by atoms with Crippen LogP contribution in [0.15, 0.2) is 47.9 Å². The molecule has 158 valence electrons. The largest absolute Gasteiger partial charge is 0.497 e. The number of nitrogens with zero attached hydrogens (tertiary/aromatic N) is 1. The van der Waals surface area contributed by atoms with E-state index in [-0.39, 0.29) is 23.1 Å². The first-order valence-electron chi connectivity index (χ1n) is 10.5. The predicted octanol–water partition coefficient (Wildman–Crippen LogP) is 3.76. The molecule has 1 atom stereocenters. The number of amides is 2. The number of hydrogen-bond acceptors (Lipinski definition) is 4. The summed E-state index contributed by atoms with van der Waals surface area (Å²) in [5.74, 6) is 1.17. The van der Waals surface area contributed by atoms with Crippen LogP contribution in [0.3, 0.4) is 0 Å². The first-order valence-corrected chi connectivity index (χ1v) is 11.4. The maximum Gasteiger partial charge on any atom is 0.246 e. The molecule has 2 heterocycles. The number of hydrogen-bond donors (Lipinski definition) is 1. The van der Waals surface area contributed by atoms with E-state index in [4.69, 9.17) is 4.74 Å². The Kier molecular flexibility index (Phi) is 6.23. The van der Waals surface area contributed by atoms with E-state index in [0.29, 0.717) is 6.54 Å². The van der Waals surface area contributed by atoms with Gasteiger partial charge in [0.05, 0.1) is 7.11 Å². The maximum atomic E-state index is 12.6. The molecule has 2 amide bonds. The molecule has 0 bridgehead atoms. The number of nitrogens with one attached hydrogen (secondary N) is 1. The molecule has 5 nitrogen and oxygen atoms in total. The summed E-state index contributed by atoms with van der Waals surface area (Å²) in [6.45, 7) is 2.11. The monoisotopic (exact) mass is 424 g/mol. The Morgan fingerprint density at radius 2 is 2.10 bits per heavy atom. The van der Waals surface area contributed by atoms with Crippen LogP contribution in [0.4, 0.5) is 0 Å². The fourth-order valence-electron chi connectivity index (χ4n) is 4.37. The predicted molar refractivity (Wildman–Crippen MR) is 119 cm³/mol. The van der Waals surface area contributed by atoms with Gasteiger partial charge in [-0.25, -0.2) is 0 Å². The van der Waals surface area contributed by atoms with Gasteiger partial charge in [-0.3, -0.25) is 9.59 Å². The molecule has 1 saturated carbocycles. The number of ether oxygens (including phenoxy) is 1. The van der Waals surface area contributed by atoms with E-state index in [1.165, 1.54) is 0 Å². The van der Waals surface area contributed by atoms with Gasteiger partial charge in [-0.1, -0.05) is 18.2 Å². The first-order chi connectivity index (χ1) is 14.6. The Hall–Kier alpha value is -2.60. The van der Waals surface area contributed by atoms with Gasteiger partial charge in [-0.2, -0.15) is 0 Å². The summed E-state index contributed by atoms with van der Waals surface area (Å²) in [6.07, 6.45) is 7.12. The van der Waals surface area contributed by atoms with Crippen LogP contribution in [0.5, 0.6) is 5.75 Å². The third kappa shape index (κ3) is 4.75. The van der Waals surface area contributed by atoms with Gasteiger partial charge in [0.25, 0.3) is 0 Å². The van der Waals surface area contributed by atoms with Crippen molar-refractivity contribution in [3.8, 4) is 5.75 Å². The van der Waals surface area contributed by atoms with E-state index in [0.717, 1.165) is 55.0 Å². The quantitative estimate of drug-likeness (QED) is 0.689. The Balaban J connectivity index is 1.20. The van der Waals surface area contributed by atoms with Gasteiger partial charge in [0.2, 0.25) is 11.8 Å². The zero-order valence-electron chi connectivity index (χ0n) is 17.3. The Morgan fingerprint density at radius 3 is 2.83 bits per heavy atom. The fraction of sp³-hybridized carbons (Fsp3) is 0.417. The van der Waals surface area contributed by atoms with Crippen molar-refractivity contribution in [3.05, 3.63) is 58.3 Å². The van der Waals surface area contributed by atoms with Crippen molar-refractivity contribution in [2.75, 3.05) is 26.7 Å². The van der Waals surface area contributed by atoms with E-state index in [1.807, 2.05) is 52.8 Å². The molecule has 1 spiro atoms. The van der Waals surface area contributed by atoms with E-state index < -0.39 is 0 Å². The summed E-state index contributed by atoms with van der Waals surface area (Å²) in [7, 11) is 1.66. The van der Waals surface area contributed by atoms with Crippen molar-refractivity contribution < 1.29 is 14.3 Å². The smallest absolute Gasteiger partial charge is 0.246 e. The average Bonchev–Trinajstić information content (AvgIpc) is 3.21. The Labute approximate surface area is 181 Å². The molecule has 2 fully saturated rings. The fourth-order valence-corrected chi connectivity index (χ4v) is 4.99. The Bertz CT molecular complexity index is 914. The number of piperidine rings is 1. The third-order valence-corrected chi connectivity index (χ3v) is 7.20. The van der Waals surface area contributed by atoms with Crippen LogP contribution in [-0.4, -0.2) is 43.5 Å². The number of thiophene rings is 1. The maximum absolute atomic E-state index is 12.6. The molecule has 0 radical (unpaired) electrons. The highest BCUT2D eigenvalue weighted by atomic mass is 32.1. The lowest BCUT2D eigenvalue weighted by atomic mass is 9.90. The number of methoxy groups -OCH3 is 1. The molecule has 2 aliphatic rings. The second kappa shape index (κ2) is 9.04. The van der Waals surface area contributed by atoms with Gasteiger partial charge in [0.15, 0.2) is 0 Å². The zero-order valence-corrected chi connectivity index (χ0v) is 18.1. The lowest BCUT2D eigenvalue weighted by molar-refractivity contribution is -0.127. The molecule has 2 aromatic rings. The summed E-state index contributed by atoms with van der Waals surface area (Å²) in [6, 6.07) is 11.9. The van der Waals surface area contributed by atoms with Crippen molar-refractivity contribution in [2.45, 2.75) is 25.7 Å². The number of likely N-dealkylation sites (tertiary alicyclic amines) is 1. The molecule has 1 saturated heterocycles. The van der Waals surface area contributed by atoms with Crippen molar-refractivity contribution in [3.63, 3.8) is 0 Å². The topological polar surface area (TPSA) is 58.6 Å². The van der Waals surface area contributed by atoms with E-state index >= 15 is 0 Å². The van der Waals surface area contributed by atoms with Crippen molar-refractivity contribution in [1.82, 2.24) is 10.2 Å². The number of carbonyl (C=O) groups is 2. The summed E-state index contributed by atoms with van der Waals surface area (Å²) in [5, 5.41) is 5.11. The third-order valence-electron chi connectivity index (χ3n) is 6.36. The minimum absolute atomic E-state index is 0.0678. The van der Waals surface area contributed by atoms with Crippen LogP contribution in [0.2, 0.25) is 0 Å². The zero-order chi connectivity index (χ0) is 21.0. The van der Waals surface area contributed by atoms with Crippen LogP contribution >= 0.6 is 11.3 Å². The summed E-state index contributed by atoms with van der Waals surface area (Å²) in [4.78, 5) is 28.0. The lowest BCUT2D eigenvalue weighted by Crippen LogP contribution is -2.40. The molecule has 4 rings (SSSR count). The highest BCUT2D eigenvalue weighted by Crippen LogP contribution is 2.59. The second-order valence-electron chi connectivity index (χ2n) is 8.19. The minimum atomic E-state index is 0.0678. The van der Waals surface area contributed by atoms with Crippen LogP contribution in [-0.2, 0) is 16.0 Å². The van der Waals surface area contributed by atoms with Crippen LogP contribution in [0, 0.1) is 11.3 Å². The van der Waals surface area contributed by atoms with Crippen LogP contribution in [0.25, 0.3) is 6.08 Å². The highest BCUT2D eigenvalue weighted by Gasteiger charge is 2.58. The highest BCUT2D eigenvalue weighted by molar-refractivity contribution is 7.10. The summed E-state index contributed by atoms with van der Waals surface area (Å²) >= 11 is 1.62. The molecular formula is C24H28N2O3S. The van der Waals surface area contributed by atoms with Gasteiger partial charge >= 0.3 is 0 Å². The SMILES string of the molecule is COc1cccc(CCNC(=O)C2CC23CCN(C(=O)/C=C/c2cccs2)CC3)c1. The normalized spacial score (nSPS) is 19.8. The summed E-state index contributed by atoms with van der Waals surface area (Å²) in [5.41, 5.74) is 1.26. The minimum Gasteiger partial charge on any atom is -0.497 e. The molecule has 1 unspecified atom stereocenters. The van der Waals surface area contributed by atoms with E-state index in [1.54, 1.807) is 24.5 Å². The number of carbonyl (C=O) groups excluding carboxylic acids is 2. The van der Waals surface area contributed by atoms with E-state index in [9.17, 15) is 9.59 Å².